The van der Waals surface area contributed by atoms with Crippen LogP contribution in [0.5, 0.6) is 0 Å². The highest BCUT2D eigenvalue weighted by Crippen LogP contribution is 2.28. The standard InChI is InChI=1S/C11H15N3O/c15-11(10-5-2-7-13-14-10)12-8-6-9-3-1-4-9/h2,5,7,9H,1,3-4,6,8H2,(H,12,15). The number of rotatable bonds is 4. The van der Waals surface area contributed by atoms with E-state index in [9.17, 15) is 4.79 Å². The van der Waals surface area contributed by atoms with Gasteiger partial charge in [0.05, 0.1) is 0 Å². The Kier molecular flexibility index (Phi) is 3.27. The van der Waals surface area contributed by atoms with E-state index >= 15 is 0 Å². The second-order valence-corrected chi connectivity index (χ2v) is 3.95. The normalized spacial score (nSPS) is 15.7. The molecule has 1 aromatic heterocycles. The van der Waals surface area contributed by atoms with Crippen LogP contribution in [0, 0.1) is 5.92 Å². The van der Waals surface area contributed by atoms with Gasteiger partial charge in [-0.05, 0) is 24.5 Å². The summed E-state index contributed by atoms with van der Waals surface area (Å²) in [5, 5.41) is 10.3. The molecule has 2 rings (SSSR count). The van der Waals surface area contributed by atoms with Gasteiger partial charge in [-0.3, -0.25) is 4.79 Å². The number of nitrogens with one attached hydrogen (secondary N) is 1. The lowest BCUT2D eigenvalue weighted by Crippen LogP contribution is -2.28. The quantitative estimate of drug-likeness (QED) is 0.808. The van der Waals surface area contributed by atoms with E-state index in [0.717, 1.165) is 18.9 Å². The van der Waals surface area contributed by atoms with Gasteiger partial charge in [0.25, 0.3) is 5.91 Å². The average Bonchev–Trinajstić information content (AvgIpc) is 2.23. The summed E-state index contributed by atoms with van der Waals surface area (Å²) >= 11 is 0. The Balaban J connectivity index is 1.72. The van der Waals surface area contributed by atoms with Gasteiger partial charge < -0.3 is 5.32 Å². The van der Waals surface area contributed by atoms with Crippen molar-refractivity contribution in [3.05, 3.63) is 24.0 Å². The van der Waals surface area contributed by atoms with Crippen LogP contribution in [0.4, 0.5) is 0 Å². The largest absolute Gasteiger partial charge is 0.351 e. The highest BCUT2D eigenvalue weighted by molar-refractivity contribution is 5.91. The molecule has 4 nitrogen and oxygen atoms in total. The predicted octanol–water partition coefficient (Wildman–Crippen LogP) is 1.40. The third kappa shape index (κ3) is 2.75. The smallest absolute Gasteiger partial charge is 0.271 e. The first kappa shape index (κ1) is 10.1. The van der Waals surface area contributed by atoms with E-state index in [2.05, 4.69) is 15.5 Å². The minimum absolute atomic E-state index is 0.123. The highest BCUT2D eigenvalue weighted by Gasteiger charge is 2.17. The van der Waals surface area contributed by atoms with Crippen LogP contribution in [-0.4, -0.2) is 22.6 Å². The lowest BCUT2D eigenvalue weighted by Gasteiger charge is -2.24. The minimum Gasteiger partial charge on any atom is -0.351 e. The predicted molar refractivity (Wildman–Crippen MR) is 56.3 cm³/mol. The first-order chi connectivity index (χ1) is 7.36. The van der Waals surface area contributed by atoms with E-state index < -0.39 is 0 Å². The van der Waals surface area contributed by atoms with Crippen LogP contribution in [0.15, 0.2) is 18.3 Å². The van der Waals surface area contributed by atoms with Crippen LogP contribution < -0.4 is 5.32 Å². The summed E-state index contributed by atoms with van der Waals surface area (Å²) in [4.78, 5) is 11.5. The summed E-state index contributed by atoms with van der Waals surface area (Å²) < 4.78 is 0. The zero-order valence-electron chi connectivity index (χ0n) is 8.65. The SMILES string of the molecule is O=C(NCCC1CCC1)c1cccnn1. The zero-order chi connectivity index (χ0) is 10.5. The number of hydrogen-bond donors (Lipinski definition) is 1. The first-order valence-corrected chi connectivity index (χ1v) is 5.42. The molecular weight excluding hydrogens is 190 g/mol. The molecule has 1 N–H and O–H groups in total. The first-order valence-electron chi connectivity index (χ1n) is 5.42. The summed E-state index contributed by atoms with van der Waals surface area (Å²) in [6.45, 7) is 0.750. The van der Waals surface area contributed by atoms with Gasteiger partial charge in [0.1, 0.15) is 0 Å². The molecule has 0 radical (unpaired) electrons. The van der Waals surface area contributed by atoms with Crippen molar-refractivity contribution in [3.8, 4) is 0 Å². The summed E-state index contributed by atoms with van der Waals surface area (Å²) in [5.41, 5.74) is 0.395. The molecule has 1 fully saturated rings. The van der Waals surface area contributed by atoms with Gasteiger partial charge in [0.2, 0.25) is 0 Å². The van der Waals surface area contributed by atoms with Crippen molar-refractivity contribution in [2.75, 3.05) is 6.54 Å². The maximum atomic E-state index is 11.5. The minimum atomic E-state index is -0.123. The number of hydrogen-bond acceptors (Lipinski definition) is 3. The molecule has 1 aliphatic carbocycles. The Morgan fingerprint density at radius 2 is 2.40 bits per heavy atom. The Bertz CT molecular complexity index is 322. The lowest BCUT2D eigenvalue weighted by molar-refractivity contribution is 0.0943. The Hall–Kier alpha value is -1.45. The molecule has 80 valence electrons. The number of carbonyl (C=O) groups excluding carboxylic acids is 1. The van der Waals surface area contributed by atoms with Crippen molar-refractivity contribution >= 4 is 5.91 Å². The maximum absolute atomic E-state index is 11.5. The molecule has 0 spiro atoms. The number of aromatic nitrogens is 2. The molecule has 0 aromatic carbocycles. The van der Waals surface area contributed by atoms with Crippen LogP contribution in [0.25, 0.3) is 0 Å². The van der Waals surface area contributed by atoms with Crippen LogP contribution in [0.2, 0.25) is 0 Å². The Labute approximate surface area is 89.1 Å². The molecule has 1 heterocycles. The van der Waals surface area contributed by atoms with Crippen LogP contribution in [-0.2, 0) is 0 Å². The molecule has 1 amide bonds. The molecule has 0 aliphatic heterocycles. The van der Waals surface area contributed by atoms with Crippen LogP contribution >= 0.6 is 0 Å². The van der Waals surface area contributed by atoms with Gasteiger partial charge >= 0.3 is 0 Å². The summed E-state index contributed by atoms with van der Waals surface area (Å²) in [6, 6.07) is 3.39. The van der Waals surface area contributed by atoms with Gasteiger partial charge in [0, 0.05) is 12.7 Å². The molecule has 4 heteroatoms. The van der Waals surface area contributed by atoms with Gasteiger partial charge in [-0.25, -0.2) is 0 Å². The van der Waals surface area contributed by atoms with E-state index in [-0.39, 0.29) is 5.91 Å². The third-order valence-corrected chi connectivity index (χ3v) is 2.87. The zero-order valence-corrected chi connectivity index (χ0v) is 8.65. The van der Waals surface area contributed by atoms with Crippen molar-refractivity contribution in [1.29, 1.82) is 0 Å². The van der Waals surface area contributed by atoms with Crippen molar-refractivity contribution in [1.82, 2.24) is 15.5 Å². The van der Waals surface area contributed by atoms with Gasteiger partial charge in [-0.15, -0.1) is 5.10 Å². The summed E-state index contributed by atoms with van der Waals surface area (Å²) in [5.74, 6) is 0.703. The van der Waals surface area contributed by atoms with Gasteiger partial charge in [-0.1, -0.05) is 19.3 Å². The Morgan fingerprint density at radius 3 is 3.00 bits per heavy atom. The van der Waals surface area contributed by atoms with Crippen LogP contribution in [0.1, 0.15) is 36.2 Å². The van der Waals surface area contributed by atoms with Crippen molar-refractivity contribution in [2.24, 2.45) is 5.92 Å². The number of amides is 1. The molecular formula is C11H15N3O. The molecule has 0 unspecified atom stereocenters. The highest BCUT2D eigenvalue weighted by atomic mass is 16.1. The average molecular weight is 205 g/mol. The fourth-order valence-corrected chi connectivity index (χ4v) is 1.68. The van der Waals surface area contributed by atoms with E-state index in [4.69, 9.17) is 0 Å². The molecule has 1 aliphatic rings. The number of nitrogens with zero attached hydrogens (tertiary/aromatic N) is 2. The fraction of sp³-hybridized carbons (Fsp3) is 0.545. The summed E-state index contributed by atoms with van der Waals surface area (Å²) in [6.07, 6.45) is 6.64. The van der Waals surface area contributed by atoms with E-state index in [1.807, 2.05) is 0 Å². The molecule has 0 atom stereocenters. The van der Waals surface area contributed by atoms with Crippen LogP contribution in [0.3, 0.4) is 0 Å². The van der Waals surface area contributed by atoms with Crippen molar-refractivity contribution in [2.45, 2.75) is 25.7 Å². The lowest BCUT2D eigenvalue weighted by atomic mass is 9.83. The van der Waals surface area contributed by atoms with Gasteiger partial charge in [0.15, 0.2) is 5.69 Å². The van der Waals surface area contributed by atoms with Crippen molar-refractivity contribution < 1.29 is 4.79 Å². The van der Waals surface area contributed by atoms with Crippen molar-refractivity contribution in [3.63, 3.8) is 0 Å². The molecule has 0 bridgehead atoms. The second-order valence-electron chi connectivity index (χ2n) is 3.95. The third-order valence-electron chi connectivity index (χ3n) is 2.87. The van der Waals surface area contributed by atoms with E-state index in [1.54, 1.807) is 18.3 Å². The fourth-order valence-electron chi connectivity index (χ4n) is 1.68. The second kappa shape index (κ2) is 4.87. The maximum Gasteiger partial charge on any atom is 0.271 e. The van der Waals surface area contributed by atoms with E-state index in [1.165, 1.54) is 19.3 Å². The summed E-state index contributed by atoms with van der Waals surface area (Å²) in [7, 11) is 0. The Morgan fingerprint density at radius 1 is 1.53 bits per heavy atom. The molecule has 15 heavy (non-hydrogen) atoms. The van der Waals surface area contributed by atoms with Gasteiger partial charge in [-0.2, -0.15) is 5.10 Å². The number of carbonyl (C=O) groups is 1. The van der Waals surface area contributed by atoms with E-state index in [0.29, 0.717) is 5.69 Å². The topological polar surface area (TPSA) is 54.9 Å². The molecule has 1 saturated carbocycles. The monoisotopic (exact) mass is 205 g/mol. The molecule has 0 saturated heterocycles. The molecule has 1 aromatic rings.